The molecule has 6 heteroatoms. The number of hydrogen-bond acceptors (Lipinski definition) is 5. The largest absolute Gasteiger partial charge is 0.459 e. The van der Waals surface area contributed by atoms with Gasteiger partial charge in [0.15, 0.2) is 5.12 Å². The molecule has 0 bridgehead atoms. The normalized spacial score (nSPS) is 16.0. The molecule has 5 nitrogen and oxygen atoms in total. The summed E-state index contributed by atoms with van der Waals surface area (Å²) in [6, 6.07) is 19.3. The van der Waals surface area contributed by atoms with Crippen LogP contribution in [0.4, 0.5) is 0 Å². The molecule has 0 spiro atoms. The Kier molecular flexibility index (Phi) is 8.91. The lowest BCUT2D eigenvalue weighted by molar-refractivity contribution is -0.157. The number of amides is 1. The van der Waals surface area contributed by atoms with E-state index in [2.05, 4.69) is 5.32 Å². The number of nitrogens with one attached hydrogen (secondary N) is 1. The van der Waals surface area contributed by atoms with E-state index < -0.39 is 11.5 Å². The standard InChI is InChI=1S/C26H31NO4S/c1-20(28)32-19-23(17-21-11-5-2-6-12-21)24(29)27-26(15-9-4-10-16-26)25(30)31-18-22-13-7-3-8-14-22/h2-3,5-8,11-14,23H,4,9-10,15-19H2,1H3,(H,27,29). The molecule has 0 aromatic heterocycles. The average Bonchev–Trinajstić information content (AvgIpc) is 2.82. The van der Waals surface area contributed by atoms with E-state index in [0.29, 0.717) is 25.0 Å². The minimum Gasteiger partial charge on any atom is -0.459 e. The molecule has 1 aliphatic rings. The molecule has 2 aromatic rings. The van der Waals surface area contributed by atoms with Gasteiger partial charge >= 0.3 is 5.97 Å². The Morgan fingerprint density at radius 3 is 2.12 bits per heavy atom. The van der Waals surface area contributed by atoms with Crippen molar-refractivity contribution >= 4 is 28.8 Å². The fourth-order valence-corrected chi connectivity index (χ4v) is 4.78. The summed E-state index contributed by atoms with van der Waals surface area (Å²) in [5.41, 5.74) is 0.944. The van der Waals surface area contributed by atoms with Gasteiger partial charge in [-0.1, -0.05) is 91.7 Å². The molecule has 1 fully saturated rings. The fourth-order valence-electron chi connectivity index (χ4n) is 4.08. The fraction of sp³-hybridized carbons (Fsp3) is 0.423. The van der Waals surface area contributed by atoms with Crippen LogP contribution in [0.25, 0.3) is 0 Å². The van der Waals surface area contributed by atoms with Crippen molar-refractivity contribution in [3.63, 3.8) is 0 Å². The van der Waals surface area contributed by atoms with E-state index in [1.165, 1.54) is 6.92 Å². The predicted molar refractivity (Wildman–Crippen MR) is 127 cm³/mol. The number of carbonyl (C=O) groups excluding carboxylic acids is 3. The zero-order chi connectivity index (χ0) is 22.8. The Morgan fingerprint density at radius 2 is 1.53 bits per heavy atom. The highest BCUT2D eigenvalue weighted by Gasteiger charge is 2.43. The van der Waals surface area contributed by atoms with Crippen LogP contribution in [0, 0.1) is 5.92 Å². The van der Waals surface area contributed by atoms with Gasteiger partial charge in [-0.15, -0.1) is 0 Å². The summed E-state index contributed by atoms with van der Waals surface area (Å²) in [6.07, 6.45) is 4.44. The second kappa shape index (κ2) is 11.9. The lowest BCUT2D eigenvalue weighted by atomic mass is 9.81. The molecule has 32 heavy (non-hydrogen) atoms. The highest BCUT2D eigenvalue weighted by Crippen LogP contribution is 2.31. The Hall–Kier alpha value is -2.60. The SMILES string of the molecule is CC(=O)SCC(Cc1ccccc1)C(=O)NC1(C(=O)OCc2ccccc2)CCCCC1. The molecule has 1 aliphatic carbocycles. The summed E-state index contributed by atoms with van der Waals surface area (Å²) >= 11 is 1.15. The second-order valence-corrected chi connectivity index (χ2v) is 9.58. The molecular formula is C26H31NO4S. The minimum atomic E-state index is -1.00. The molecule has 170 valence electrons. The second-order valence-electron chi connectivity index (χ2n) is 8.38. The number of esters is 1. The molecule has 1 unspecified atom stereocenters. The third-order valence-corrected chi connectivity index (χ3v) is 6.83. The van der Waals surface area contributed by atoms with Gasteiger partial charge in [0, 0.05) is 12.7 Å². The number of hydrogen-bond donors (Lipinski definition) is 1. The first-order valence-electron chi connectivity index (χ1n) is 11.2. The van der Waals surface area contributed by atoms with Crippen LogP contribution < -0.4 is 5.32 Å². The predicted octanol–water partition coefficient (Wildman–Crippen LogP) is 4.69. The molecule has 3 rings (SSSR count). The molecule has 1 saturated carbocycles. The zero-order valence-corrected chi connectivity index (χ0v) is 19.4. The van der Waals surface area contributed by atoms with Gasteiger partial charge < -0.3 is 10.1 Å². The molecule has 0 saturated heterocycles. The Morgan fingerprint density at radius 1 is 0.938 bits per heavy atom. The molecule has 0 aliphatic heterocycles. The highest BCUT2D eigenvalue weighted by molar-refractivity contribution is 8.13. The van der Waals surface area contributed by atoms with Crippen molar-refractivity contribution in [2.75, 3.05) is 5.75 Å². The van der Waals surface area contributed by atoms with Gasteiger partial charge in [0.05, 0.1) is 5.92 Å². The maximum atomic E-state index is 13.4. The van der Waals surface area contributed by atoms with Crippen molar-refractivity contribution in [3.8, 4) is 0 Å². The summed E-state index contributed by atoms with van der Waals surface area (Å²) in [5.74, 6) is -0.592. The van der Waals surface area contributed by atoms with Crippen molar-refractivity contribution in [3.05, 3.63) is 71.8 Å². The van der Waals surface area contributed by atoms with Gasteiger partial charge in [0.2, 0.25) is 5.91 Å². The van der Waals surface area contributed by atoms with Gasteiger partial charge in [0.25, 0.3) is 0 Å². The van der Waals surface area contributed by atoms with Crippen LogP contribution in [0.5, 0.6) is 0 Å². The lowest BCUT2D eigenvalue weighted by Gasteiger charge is -2.36. The monoisotopic (exact) mass is 453 g/mol. The Labute approximate surface area is 194 Å². The molecule has 1 amide bonds. The summed E-state index contributed by atoms with van der Waals surface area (Å²) < 4.78 is 5.66. The molecule has 1 N–H and O–H groups in total. The Balaban J connectivity index is 1.72. The molecular weight excluding hydrogens is 422 g/mol. The van der Waals surface area contributed by atoms with Crippen molar-refractivity contribution in [2.45, 2.75) is 57.6 Å². The zero-order valence-electron chi connectivity index (χ0n) is 18.5. The van der Waals surface area contributed by atoms with Crippen molar-refractivity contribution < 1.29 is 19.1 Å². The molecule has 0 radical (unpaired) electrons. The highest BCUT2D eigenvalue weighted by atomic mass is 32.2. The van der Waals surface area contributed by atoms with Gasteiger partial charge in [-0.25, -0.2) is 4.79 Å². The first-order chi connectivity index (χ1) is 15.5. The number of ether oxygens (including phenoxy) is 1. The minimum absolute atomic E-state index is 0.0227. The summed E-state index contributed by atoms with van der Waals surface area (Å²) in [4.78, 5) is 38.1. The maximum absolute atomic E-state index is 13.4. The Bertz CT molecular complexity index is 895. The van der Waals surface area contributed by atoms with E-state index in [0.717, 1.165) is 42.2 Å². The number of benzene rings is 2. The lowest BCUT2D eigenvalue weighted by Crippen LogP contribution is -2.58. The maximum Gasteiger partial charge on any atom is 0.332 e. The van der Waals surface area contributed by atoms with Crippen molar-refractivity contribution in [1.82, 2.24) is 5.32 Å². The van der Waals surface area contributed by atoms with E-state index in [9.17, 15) is 14.4 Å². The van der Waals surface area contributed by atoms with E-state index in [1.807, 2.05) is 60.7 Å². The smallest absolute Gasteiger partial charge is 0.332 e. The van der Waals surface area contributed by atoms with Crippen LogP contribution in [0.15, 0.2) is 60.7 Å². The van der Waals surface area contributed by atoms with Crippen LogP contribution in [0.2, 0.25) is 0 Å². The van der Waals surface area contributed by atoms with Gasteiger partial charge in [-0.05, 0) is 30.4 Å². The summed E-state index contributed by atoms with van der Waals surface area (Å²) in [7, 11) is 0. The van der Waals surface area contributed by atoms with Crippen LogP contribution in [-0.2, 0) is 32.1 Å². The number of thioether (sulfide) groups is 1. The quantitative estimate of drug-likeness (QED) is 0.558. The third kappa shape index (κ3) is 6.95. The third-order valence-electron chi connectivity index (χ3n) is 5.86. The summed E-state index contributed by atoms with van der Waals surface area (Å²) in [6.45, 7) is 1.69. The van der Waals surface area contributed by atoms with Gasteiger partial charge in [-0.2, -0.15) is 0 Å². The molecule has 2 aromatic carbocycles. The van der Waals surface area contributed by atoms with Crippen LogP contribution in [0.3, 0.4) is 0 Å². The van der Waals surface area contributed by atoms with Crippen molar-refractivity contribution in [1.29, 1.82) is 0 Å². The molecule has 0 heterocycles. The van der Waals surface area contributed by atoms with Crippen molar-refractivity contribution in [2.24, 2.45) is 5.92 Å². The van der Waals surface area contributed by atoms with Gasteiger partial charge in [-0.3, -0.25) is 9.59 Å². The average molecular weight is 454 g/mol. The van der Waals surface area contributed by atoms with Crippen LogP contribution in [-0.4, -0.2) is 28.3 Å². The number of rotatable bonds is 9. The topological polar surface area (TPSA) is 72.5 Å². The molecule has 1 atom stereocenters. The number of carbonyl (C=O) groups is 3. The van der Waals surface area contributed by atoms with Crippen LogP contribution in [0.1, 0.15) is 50.2 Å². The first kappa shape index (κ1) is 24.1. The van der Waals surface area contributed by atoms with E-state index in [1.54, 1.807) is 0 Å². The first-order valence-corrected chi connectivity index (χ1v) is 12.2. The van der Waals surface area contributed by atoms with Crippen LogP contribution >= 0.6 is 11.8 Å². The van der Waals surface area contributed by atoms with Gasteiger partial charge in [0.1, 0.15) is 12.1 Å². The van der Waals surface area contributed by atoms with E-state index >= 15 is 0 Å². The van der Waals surface area contributed by atoms with E-state index in [4.69, 9.17) is 4.74 Å². The summed E-state index contributed by atoms with van der Waals surface area (Å²) in [5, 5.41) is 3.05. The van der Waals surface area contributed by atoms with E-state index in [-0.39, 0.29) is 23.6 Å².